The van der Waals surface area contributed by atoms with Crippen molar-refractivity contribution in [3.05, 3.63) is 23.8 Å². The van der Waals surface area contributed by atoms with Crippen LogP contribution in [0, 0.1) is 5.92 Å². The molecule has 1 fully saturated rings. The van der Waals surface area contributed by atoms with E-state index in [1.807, 2.05) is 13.8 Å². The molecule has 4 nitrogen and oxygen atoms in total. The van der Waals surface area contributed by atoms with Crippen molar-refractivity contribution in [2.24, 2.45) is 5.92 Å². The quantitative estimate of drug-likeness (QED) is 0.553. The number of ether oxygens (including phenoxy) is 1. The number of halogens is 1. The first-order chi connectivity index (χ1) is 10.6. The van der Waals surface area contributed by atoms with E-state index >= 15 is 0 Å². The number of anilines is 1. The molecule has 5 heteroatoms. The number of nitrogens with one attached hydrogen (secondary N) is 1. The molecule has 0 radical (unpaired) electrons. The van der Waals surface area contributed by atoms with E-state index in [1.54, 1.807) is 18.2 Å². The molecule has 1 amide bonds. The molecule has 0 aromatic heterocycles. The highest BCUT2D eigenvalue weighted by Gasteiger charge is 2.30. The first-order valence-corrected chi connectivity index (χ1v) is 8.74. The molecule has 0 bridgehead atoms. The molecule has 1 aromatic rings. The standard InChI is InChI=1S/C17H22BrNO3/c1-3-5-13(18)16(20)12-8-9-14(15(10-12)22-4-2)19-17(21)11-6-7-11/h8-11,13H,3-7H2,1-2H3,(H,19,21). The third-order valence-corrected chi connectivity index (χ3v) is 4.47. The van der Waals surface area contributed by atoms with Crippen LogP contribution in [0.4, 0.5) is 5.69 Å². The van der Waals surface area contributed by atoms with Crippen LogP contribution >= 0.6 is 15.9 Å². The zero-order valence-electron chi connectivity index (χ0n) is 13.0. The van der Waals surface area contributed by atoms with E-state index in [-0.39, 0.29) is 22.4 Å². The van der Waals surface area contributed by atoms with E-state index in [1.165, 1.54) is 0 Å². The number of hydrogen-bond donors (Lipinski definition) is 1. The number of rotatable bonds is 8. The van der Waals surface area contributed by atoms with Gasteiger partial charge < -0.3 is 10.1 Å². The number of carbonyl (C=O) groups is 2. The topological polar surface area (TPSA) is 55.4 Å². The minimum absolute atomic E-state index is 0.0318. The minimum Gasteiger partial charge on any atom is -0.492 e. The van der Waals surface area contributed by atoms with Gasteiger partial charge in [0.1, 0.15) is 5.75 Å². The molecule has 1 atom stereocenters. The lowest BCUT2D eigenvalue weighted by Gasteiger charge is -2.14. The average molecular weight is 368 g/mol. The smallest absolute Gasteiger partial charge is 0.227 e. The summed E-state index contributed by atoms with van der Waals surface area (Å²) in [4.78, 5) is 24.1. The van der Waals surface area contributed by atoms with Crippen molar-refractivity contribution in [3.8, 4) is 5.75 Å². The molecular formula is C17H22BrNO3. The van der Waals surface area contributed by atoms with Gasteiger partial charge >= 0.3 is 0 Å². The fourth-order valence-corrected chi connectivity index (χ4v) is 2.92. The van der Waals surface area contributed by atoms with Gasteiger partial charge in [0.05, 0.1) is 17.1 Å². The molecule has 120 valence electrons. The maximum absolute atomic E-state index is 12.4. The number of Topliss-reactive ketones (excluding diaryl/α,β-unsaturated/α-hetero) is 1. The van der Waals surface area contributed by atoms with E-state index in [2.05, 4.69) is 21.2 Å². The lowest BCUT2D eigenvalue weighted by molar-refractivity contribution is -0.117. The van der Waals surface area contributed by atoms with Gasteiger partial charge in [-0.2, -0.15) is 0 Å². The highest BCUT2D eigenvalue weighted by molar-refractivity contribution is 9.10. The summed E-state index contributed by atoms with van der Waals surface area (Å²) in [6.45, 7) is 4.41. The van der Waals surface area contributed by atoms with Gasteiger partial charge in [-0.25, -0.2) is 0 Å². The molecule has 1 unspecified atom stereocenters. The van der Waals surface area contributed by atoms with Crippen molar-refractivity contribution >= 4 is 33.3 Å². The van der Waals surface area contributed by atoms with Crippen molar-refractivity contribution in [2.45, 2.75) is 44.4 Å². The first-order valence-electron chi connectivity index (χ1n) is 7.82. The highest BCUT2D eigenvalue weighted by atomic mass is 79.9. The average Bonchev–Trinajstić information content (AvgIpc) is 3.33. The van der Waals surface area contributed by atoms with Crippen LogP contribution in [0.3, 0.4) is 0 Å². The zero-order chi connectivity index (χ0) is 16.1. The number of benzene rings is 1. The van der Waals surface area contributed by atoms with Crippen LogP contribution in [0.2, 0.25) is 0 Å². The molecular weight excluding hydrogens is 346 g/mol. The number of hydrogen-bond acceptors (Lipinski definition) is 3. The Morgan fingerprint density at radius 2 is 2.09 bits per heavy atom. The Bertz CT molecular complexity index is 555. The van der Waals surface area contributed by atoms with Crippen LogP contribution in [-0.2, 0) is 4.79 Å². The molecule has 1 aromatic carbocycles. The summed E-state index contributed by atoms with van der Waals surface area (Å²) in [6.07, 6.45) is 3.64. The summed E-state index contributed by atoms with van der Waals surface area (Å²) in [6, 6.07) is 5.22. The summed E-state index contributed by atoms with van der Waals surface area (Å²) < 4.78 is 5.59. The molecule has 1 saturated carbocycles. The second-order valence-electron chi connectivity index (χ2n) is 5.53. The van der Waals surface area contributed by atoms with Crippen molar-refractivity contribution < 1.29 is 14.3 Å². The second kappa shape index (κ2) is 7.77. The Morgan fingerprint density at radius 1 is 1.36 bits per heavy atom. The Morgan fingerprint density at radius 3 is 2.68 bits per heavy atom. The predicted molar refractivity (Wildman–Crippen MR) is 90.9 cm³/mol. The fraction of sp³-hybridized carbons (Fsp3) is 0.529. The Kier molecular flexibility index (Phi) is 6.00. The normalized spacial score (nSPS) is 15.2. The van der Waals surface area contributed by atoms with Crippen LogP contribution in [0.5, 0.6) is 5.75 Å². The van der Waals surface area contributed by atoms with E-state index in [0.29, 0.717) is 23.6 Å². The van der Waals surface area contributed by atoms with E-state index in [9.17, 15) is 9.59 Å². The van der Waals surface area contributed by atoms with Crippen LogP contribution in [0.15, 0.2) is 18.2 Å². The Hall–Kier alpha value is -1.36. The number of alkyl halides is 1. The number of ketones is 1. The number of amides is 1. The third-order valence-electron chi connectivity index (χ3n) is 3.60. The SMILES string of the molecule is CCCC(Br)C(=O)c1ccc(NC(=O)C2CC2)c(OCC)c1. The molecule has 0 heterocycles. The summed E-state index contributed by atoms with van der Waals surface area (Å²) in [7, 11) is 0. The monoisotopic (exact) mass is 367 g/mol. The summed E-state index contributed by atoms with van der Waals surface area (Å²) in [5.41, 5.74) is 1.24. The molecule has 22 heavy (non-hydrogen) atoms. The molecule has 2 rings (SSSR count). The van der Waals surface area contributed by atoms with Gasteiger partial charge in [-0.3, -0.25) is 9.59 Å². The van der Waals surface area contributed by atoms with E-state index < -0.39 is 0 Å². The maximum Gasteiger partial charge on any atom is 0.227 e. The van der Waals surface area contributed by atoms with Gasteiger partial charge in [-0.05, 0) is 44.4 Å². The van der Waals surface area contributed by atoms with Crippen molar-refractivity contribution in [1.82, 2.24) is 0 Å². The third kappa shape index (κ3) is 4.32. The zero-order valence-corrected chi connectivity index (χ0v) is 14.6. The molecule has 1 aliphatic carbocycles. The fourth-order valence-electron chi connectivity index (χ4n) is 2.20. The van der Waals surface area contributed by atoms with Crippen LogP contribution < -0.4 is 10.1 Å². The van der Waals surface area contributed by atoms with Crippen LogP contribution in [0.1, 0.15) is 49.9 Å². The second-order valence-corrected chi connectivity index (χ2v) is 6.63. The Balaban J connectivity index is 2.18. The summed E-state index contributed by atoms with van der Waals surface area (Å²) >= 11 is 3.43. The lowest BCUT2D eigenvalue weighted by Crippen LogP contribution is -2.16. The minimum atomic E-state index is -0.182. The van der Waals surface area contributed by atoms with Gasteiger partial charge in [-0.1, -0.05) is 29.3 Å². The Labute approximate surface area is 139 Å². The molecule has 0 saturated heterocycles. The van der Waals surface area contributed by atoms with Gasteiger partial charge in [0.25, 0.3) is 0 Å². The van der Waals surface area contributed by atoms with Gasteiger partial charge in [-0.15, -0.1) is 0 Å². The van der Waals surface area contributed by atoms with E-state index in [0.717, 1.165) is 25.7 Å². The molecule has 0 aliphatic heterocycles. The molecule has 1 N–H and O–H groups in total. The first kappa shape index (κ1) is 17.0. The van der Waals surface area contributed by atoms with Crippen molar-refractivity contribution in [3.63, 3.8) is 0 Å². The van der Waals surface area contributed by atoms with E-state index in [4.69, 9.17) is 4.74 Å². The lowest BCUT2D eigenvalue weighted by atomic mass is 10.0. The van der Waals surface area contributed by atoms with Gasteiger partial charge in [0.15, 0.2) is 5.78 Å². The molecule has 1 aliphatic rings. The summed E-state index contributed by atoms with van der Waals surface area (Å²) in [5, 5.41) is 2.89. The number of carbonyl (C=O) groups excluding carboxylic acids is 2. The highest BCUT2D eigenvalue weighted by Crippen LogP contribution is 2.33. The predicted octanol–water partition coefficient (Wildman–Crippen LogP) is 4.18. The van der Waals surface area contributed by atoms with Crippen LogP contribution in [0.25, 0.3) is 0 Å². The van der Waals surface area contributed by atoms with Crippen LogP contribution in [-0.4, -0.2) is 23.1 Å². The maximum atomic E-state index is 12.4. The summed E-state index contributed by atoms with van der Waals surface area (Å²) in [5.74, 6) is 0.762. The van der Waals surface area contributed by atoms with Gasteiger partial charge in [0, 0.05) is 11.5 Å². The van der Waals surface area contributed by atoms with Gasteiger partial charge in [0.2, 0.25) is 5.91 Å². The largest absolute Gasteiger partial charge is 0.492 e. The molecule has 0 spiro atoms. The van der Waals surface area contributed by atoms with Crippen molar-refractivity contribution in [1.29, 1.82) is 0 Å². The van der Waals surface area contributed by atoms with Crippen molar-refractivity contribution in [2.75, 3.05) is 11.9 Å².